The zero-order valence-corrected chi connectivity index (χ0v) is 12.6. The van der Waals surface area contributed by atoms with Crippen LogP contribution in [0, 0.1) is 6.92 Å². The van der Waals surface area contributed by atoms with Crippen molar-refractivity contribution in [3.8, 4) is 11.3 Å². The van der Waals surface area contributed by atoms with Gasteiger partial charge in [-0.2, -0.15) is 5.10 Å². The fourth-order valence-electron chi connectivity index (χ4n) is 2.71. The van der Waals surface area contributed by atoms with Crippen molar-refractivity contribution in [2.75, 3.05) is 13.6 Å². The summed E-state index contributed by atoms with van der Waals surface area (Å²) in [5.74, 6) is 0. The van der Waals surface area contributed by atoms with E-state index in [1.165, 1.54) is 22.2 Å². The van der Waals surface area contributed by atoms with Crippen LogP contribution in [0.25, 0.3) is 22.2 Å². The summed E-state index contributed by atoms with van der Waals surface area (Å²) < 4.78 is 2.15. The van der Waals surface area contributed by atoms with Crippen LogP contribution >= 0.6 is 0 Å². The van der Waals surface area contributed by atoms with E-state index in [9.17, 15) is 0 Å². The highest BCUT2D eigenvalue weighted by atomic mass is 15.3. The second-order valence-electron chi connectivity index (χ2n) is 5.42. The number of hydrogen-bond donors (Lipinski definition) is 1. The molecule has 0 spiro atoms. The molecule has 0 saturated heterocycles. The number of aromatic nitrogens is 2. The molecule has 3 rings (SSSR count). The molecule has 21 heavy (non-hydrogen) atoms. The first-order chi connectivity index (χ1) is 10.3. The molecule has 108 valence electrons. The minimum Gasteiger partial charge on any atom is -0.320 e. The second-order valence-corrected chi connectivity index (χ2v) is 5.42. The Labute approximate surface area is 125 Å². The van der Waals surface area contributed by atoms with Crippen molar-refractivity contribution in [3.05, 3.63) is 54.1 Å². The second kappa shape index (κ2) is 6.10. The third kappa shape index (κ3) is 2.83. The fraction of sp³-hybridized carbons (Fsp3) is 0.278. The van der Waals surface area contributed by atoms with E-state index >= 15 is 0 Å². The Kier molecular flexibility index (Phi) is 4.02. The molecule has 3 heteroatoms. The lowest BCUT2D eigenvalue weighted by Crippen LogP contribution is -2.12. The maximum Gasteiger partial charge on any atom is 0.0930 e. The van der Waals surface area contributed by atoms with E-state index in [0.29, 0.717) is 0 Å². The fourth-order valence-corrected chi connectivity index (χ4v) is 2.71. The molecule has 0 aliphatic rings. The van der Waals surface area contributed by atoms with E-state index in [1.54, 1.807) is 0 Å². The Morgan fingerprint density at radius 2 is 1.90 bits per heavy atom. The SMILES string of the molecule is CNCCCn1nc2ccc(C)cc2c1-c1ccccc1. The highest BCUT2D eigenvalue weighted by molar-refractivity contribution is 5.93. The Hall–Kier alpha value is -2.13. The number of fused-ring (bicyclic) bond motifs is 1. The summed E-state index contributed by atoms with van der Waals surface area (Å²) in [7, 11) is 1.99. The van der Waals surface area contributed by atoms with Crippen LogP contribution in [0.1, 0.15) is 12.0 Å². The molecule has 0 saturated carbocycles. The minimum atomic E-state index is 0.929. The molecule has 1 N–H and O–H groups in total. The molecule has 0 radical (unpaired) electrons. The molecule has 1 aromatic heterocycles. The summed E-state index contributed by atoms with van der Waals surface area (Å²) in [6, 6.07) is 17.0. The largest absolute Gasteiger partial charge is 0.320 e. The molecule has 2 aromatic carbocycles. The monoisotopic (exact) mass is 279 g/mol. The summed E-state index contributed by atoms with van der Waals surface area (Å²) >= 11 is 0. The van der Waals surface area contributed by atoms with Gasteiger partial charge in [-0.25, -0.2) is 0 Å². The van der Waals surface area contributed by atoms with Crippen molar-refractivity contribution in [1.82, 2.24) is 15.1 Å². The van der Waals surface area contributed by atoms with E-state index in [4.69, 9.17) is 5.10 Å². The standard InChI is InChI=1S/C18H21N3/c1-14-9-10-17-16(13-14)18(15-7-4-3-5-8-15)21(20-17)12-6-11-19-2/h3-5,7-10,13,19H,6,11-12H2,1-2H3. The highest BCUT2D eigenvalue weighted by Gasteiger charge is 2.12. The number of aryl methyl sites for hydroxylation is 2. The van der Waals surface area contributed by atoms with Crippen LogP contribution in [0.3, 0.4) is 0 Å². The van der Waals surface area contributed by atoms with Crippen molar-refractivity contribution < 1.29 is 0 Å². The number of hydrogen-bond acceptors (Lipinski definition) is 2. The molecule has 0 aliphatic heterocycles. The van der Waals surface area contributed by atoms with Crippen LogP contribution in [0.4, 0.5) is 0 Å². The predicted molar refractivity (Wildman–Crippen MR) is 88.4 cm³/mol. The molecule has 3 nitrogen and oxygen atoms in total. The van der Waals surface area contributed by atoms with Gasteiger partial charge in [-0.05, 0) is 39.1 Å². The Morgan fingerprint density at radius 1 is 1.10 bits per heavy atom. The normalized spacial score (nSPS) is 11.1. The zero-order chi connectivity index (χ0) is 14.7. The first-order valence-corrected chi connectivity index (χ1v) is 7.47. The molecule has 0 aliphatic carbocycles. The first kappa shape index (κ1) is 13.8. The highest BCUT2D eigenvalue weighted by Crippen LogP contribution is 2.29. The van der Waals surface area contributed by atoms with Crippen LogP contribution in [-0.4, -0.2) is 23.4 Å². The Bertz CT molecular complexity index is 729. The summed E-state index contributed by atoms with van der Waals surface area (Å²) in [5, 5.41) is 9.23. The molecule has 0 bridgehead atoms. The van der Waals surface area contributed by atoms with E-state index in [-0.39, 0.29) is 0 Å². The average molecular weight is 279 g/mol. The van der Waals surface area contributed by atoms with Crippen LogP contribution in [0.5, 0.6) is 0 Å². The summed E-state index contributed by atoms with van der Waals surface area (Å²) in [4.78, 5) is 0. The maximum atomic E-state index is 4.79. The van der Waals surface area contributed by atoms with Gasteiger partial charge < -0.3 is 5.32 Å². The van der Waals surface area contributed by atoms with Gasteiger partial charge in [0.05, 0.1) is 11.2 Å². The first-order valence-electron chi connectivity index (χ1n) is 7.47. The quantitative estimate of drug-likeness (QED) is 0.723. The van der Waals surface area contributed by atoms with Gasteiger partial charge in [-0.15, -0.1) is 0 Å². The van der Waals surface area contributed by atoms with Crippen molar-refractivity contribution in [2.24, 2.45) is 0 Å². The van der Waals surface area contributed by atoms with Gasteiger partial charge in [0.25, 0.3) is 0 Å². The molecule has 0 amide bonds. The summed E-state index contributed by atoms with van der Waals surface area (Å²) in [5.41, 5.74) is 4.80. The lowest BCUT2D eigenvalue weighted by Gasteiger charge is -2.08. The zero-order valence-electron chi connectivity index (χ0n) is 12.6. The van der Waals surface area contributed by atoms with Gasteiger partial charge >= 0.3 is 0 Å². The average Bonchev–Trinajstić information content (AvgIpc) is 2.86. The third-order valence-corrected chi connectivity index (χ3v) is 3.74. The maximum absolute atomic E-state index is 4.79. The Balaban J connectivity index is 2.12. The lowest BCUT2D eigenvalue weighted by molar-refractivity contribution is 0.571. The minimum absolute atomic E-state index is 0.929. The van der Waals surface area contributed by atoms with Gasteiger partial charge in [0, 0.05) is 17.5 Å². The lowest BCUT2D eigenvalue weighted by atomic mass is 10.1. The molecule has 0 unspecified atom stereocenters. The van der Waals surface area contributed by atoms with Gasteiger partial charge in [0.15, 0.2) is 0 Å². The van der Waals surface area contributed by atoms with Crippen LogP contribution in [-0.2, 0) is 6.54 Å². The summed E-state index contributed by atoms with van der Waals surface area (Å²) in [6.07, 6.45) is 1.07. The predicted octanol–water partition coefficient (Wildman–Crippen LogP) is 3.62. The van der Waals surface area contributed by atoms with Crippen molar-refractivity contribution in [2.45, 2.75) is 19.9 Å². The van der Waals surface area contributed by atoms with Gasteiger partial charge in [-0.3, -0.25) is 4.68 Å². The number of nitrogens with one attached hydrogen (secondary N) is 1. The van der Waals surface area contributed by atoms with E-state index in [0.717, 1.165) is 25.0 Å². The van der Waals surface area contributed by atoms with Crippen molar-refractivity contribution >= 4 is 10.9 Å². The molecular weight excluding hydrogens is 258 g/mol. The van der Waals surface area contributed by atoms with Crippen LogP contribution in [0.2, 0.25) is 0 Å². The van der Waals surface area contributed by atoms with E-state index < -0.39 is 0 Å². The van der Waals surface area contributed by atoms with Gasteiger partial charge in [-0.1, -0.05) is 42.0 Å². The molecule has 1 heterocycles. The third-order valence-electron chi connectivity index (χ3n) is 3.74. The van der Waals surface area contributed by atoms with E-state index in [1.807, 2.05) is 7.05 Å². The molecule has 0 fully saturated rings. The number of benzene rings is 2. The van der Waals surface area contributed by atoms with Gasteiger partial charge in [0.1, 0.15) is 0 Å². The molecule has 0 atom stereocenters. The topological polar surface area (TPSA) is 29.9 Å². The molecular formula is C18H21N3. The van der Waals surface area contributed by atoms with E-state index in [2.05, 4.69) is 65.5 Å². The van der Waals surface area contributed by atoms with Crippen LogP contribution in [0.15, 0.2) is 48.5 Å². The smallest absolute Gasteiger partial charge is 0.0930 e. The summed E-state index contributed by atoms with van der Waals surface area (Å²) in [6.45, 7) is 4.06. The van der Waals surface area contributed by atoms with Crippen molar-refractivity contribution in [1.29, 1.82) is 0 Å². The molecule has 3 aromatic rings. The number of rotatable bonds is 5. The van der Waals surface area contributed by atoms with Gasteiger partial charge in [0.2, 0.25) is 0 Å². The number of nitrogens with zero attached hydrogens (tertiary/aromatic N) is 2. The van der Waals surface area contributed by atoms with Crippen molar-refractivity contribution in [3.63, 3.8) is 0 Å². The van der Waals surface area contributed by atoms with Crippen LogP contribution < -0.4 is 5.32 Å². The Morgan fingerprint density at radius 3 is 2.67 bits per heavy atom.